The van der Waals surface area contributed by atoms with Crippen LogP contribution in [0.25, 0.3) is 22.3 Å². The number of carbonyl (C=O) groups excluding carboxylic acids is 1. The van der Waals surface area contributed by atoms with Gasteiger partial charge in [-0.15, -0.1) is 0 Å². The Morgan fingerprint density at radius 1 is 1.06 bits per heavy atom. The van der Waals surface area contributed by atoms with E-state index in [4.69, 9.17) is 13.9 Å². The lowest BCUT2D eigenvalue weighted by Crippen LogP contribution is -2.28. The lowest BCUT2D eigenvalue weighted by atomic mass is 9.96. The second kappa shape index (κ2) is 11.2. The number of hydrogen-bond acceptors (Lipinski definition) is 4. The molecule has 0 aliphatic rings. The summed E-state index contributed by atoms with van der Waals surface area (Å²) in [5.74, 6) is 1.19. The second-order valence-corrected chi connectivity index (χ2v) is 9.38. The van der Waals surface area contributed by atoms with Gasteiger partial charge in [0.15, 0.2) is 0 Å². The molecule has 0 bridgehead atoms. The molecule has 176 valence electrons. The van der Waals surface area contributed by atoms with Crippen LogP contribution in [0.1, 0.15) is 58.1 Å². The highest BCUT2D eigenvalue weighted by atomic mass is 16.5. The minimum Gasteiger partial charge on any atom is -0.493 e. The molecule has 0 saturated carbocycles. The number of benzene rings is 2. The molecular formula is C29H36O4. The van der Waals surface area contributed by atoms with Gasteiger partial charge < -0.3 is 13.9 Å². The van der Waals surface area contributed by atoms with E-state index < -0.39 is 5.97 Å². The van der Waals surface area contributed by atoms with E-state index in [1.807, 2.05) is 32.0 Å². The van der Waals surface area contributed by atoms with Crippen molar-refractivity contribution in [2.45, 2.75) is 59.8 Å². The van der Waals surface area contributed by atoms with Crippen LogP contribution < -0.4 is 4.74 Å². The first-order valence-electron chi connectivity index (χ1n) is 11.9. The summed E-state index contributed by atoms with van der Waals surface area (Å²) in [6, 6.07) is 14.8. The van der Waals surface area contributed by atoms with E-state index in [0.29, 0.717) is 6.61 Å². The summed E-state index contributed by atoms with van der Waals surface area (Å²) in [5, 5.41) is 1.05. The van der Waals surface area contributed by atoms with E-state index in [0.717, 1.165) is 40.9 Å². The maximum absolute atomic E-state index is 11.3. The highest BCUT2D eigenvalue weighted by Gasteiger charge is 2.21. The normalized spacial score (nSPS) is 11.5. The largest absolute Gasteiger partial charge is 0.493 e. The molecular weight excluding hydrogens is 412 g/mol. The Bertz CT molecular complexity index is 1090. The first-order valence-corrected chi connectivity index (χ1v) is 11.9. The predicted molar refractivity (Wildman–Crippen MR) is 135 cm³/mol. The van der Waals surface area contributed by atoms with E-state index in [1.165, 1.54) is 36.5 Å². The SMILES string of the molecule is C=CC(=O)OCC(C)(C)COc1ccc2cc(-c3ccc(CCCCC)cc3CC)oc2c1. The van der Waals surface area contributed by atoms with Gasteiger partial charge in [-0.3, -0.25) is 0 Å². The highest BCUT2D eigenvalue weighted by molar-refractivity contribution is 5.84. The van der Waals surface area contributed by atoms with Gasteiger partial charge in [0.05, 0.1) is 13.2 Å². The first kappa shape index (κ1) is 24.6. The number of rotatable bonds is 12. The third-order valence-electron chi connectivity index (χ3n) is 5.78. The monoisotopic (exact) mass is 448 g/mol. The number of aryl methyl sites for hydroxylation is 2. The van der Waals surface area contributed by atoms with Gasteiger partial charge in [0.25, 0.3) is 0 Å². The Morgan fingerprint density at radius 2 is 1.88 bits per heavy atom. The molecule has 4 heteroatoms. The first-order chi connectivity index (χ1) is 15.8. The fourth-order valence-corrected chi connectivity index (χ4v) is 3.79. The standard InChI is InChI=1S/C29H36O4/c1-6-9-10-11-21-12-15-25(22(7-2)16-21)27-17-23-13-14-24(18-26(23)33-27)31-19-29(4,5)20-32-28(30)8-3/h8,12-18H,3,6-7,9-11,19-20H2,1-2,4-5H3. The smallest absolute Gasteiger partial charge is 0.330 e. The quantitative estimate of drug-likeness (QED) is 0.163. The zero-order chi connectivity index (χ0) is 23.8. The molecule has 4 nitrogen and oxygen atoms in total. The number of ether oxygens (including phenoxy) is 2. The summed E-state index contributed by atoms with van der Waals surface area (Å²) >= 11 is 0. The Kier molecular flexibility index (Phi) is 8.37. The maximum atomic E-state index is 11.3. The number of esters is 1. The number of carbonyl (C=O) groups is 1. The molecule has 1 aromatic heterocycles. The zero-order valence-corrected chi connectivity index (χ0v) is 20.4. The van der Waals surface area contributed by atoms with Gasteiger partial charge >= 0.3 is 5.97 Å². The van der Waals surface area contributed by atoms with Crippen LogP contribution in [0.15, 0.2) is 59.5 Å². The molecule has 0 saturated heterocycles. The van der Waals surface area contributed by atoms with Crippen LogP contribution in [0.4, 0.5) is 0 Å². The predicted octanol–water partition coefficient (Wildman–Crippen LogP) is 7.53. The van der Waals surface area contributed by atoms with Crippen molar-refractivity contribution in [3.63, 3.8) is 0 Å². The zero-order valence-electron chi connectivity index (χ0n) is 20.4. The summed E-state index contributed by atoms with van der Waals surface area (Å²) in [6.45, 7) is 12.5. The maximum Gasteiger partial charge on any atom is 0.330 e. The topological polar surface area (TPSA) is 48.7 Å². The third kappa shape index (κ3) is 6.74. The second-order valence-electron chi connectivity index (χ2n) is 9.38. The van der Waals surface area contributed by atoms with Gasteiger partial charge in [-0.2, -0.15) is 0 Å². The molecule has 0 spiro atoms. The van der Waals surface area contributed by atoms with Gasteiger partial charge in [0.2, 0.25) is 0 Å². The van der Waals surface area contributed by atoms with Crippen LogP contribution in [-0.4, -0.2) is 19.2 Å². The molecule has 3 aromatic rings. The van der Waals surface area contributed by atoms with Crippen molar-refractivity contribution in [3.05, 3.63) is 66.2 Å². The molecule has 0 fully saturated rings. The minimum atomic E-state index is -0.423. The molecule has 0 unspecified atom stereocenters. The van der Waals surface area contributed by atoms with Crippen LogP contribution in [0.3, 0.4) is 0 Å². The van der Waals surface area contributed by atoms with E-state index >= 15 is 0 Å². The summed E-state index contributed by atoms with van der Waals surface area (Å²) in [6.07, 6.45) is 7.01. The van der Waals surface area contributed by atoms with Crippen molar-refractivity contribution < 1.29 is 18.7 Å². The number of hydrogen-bond donors (Lipinski definition) is 0. The fourth-order valence-electron chi connectivity index (χ4n) is 3.79. The number of fused-ring (bicyclic) bond motifs is 1. The molecule has 0 aliphatic carbocycles. The van der Waals surface area contributed by atoms with Gasteiger partial charge in [-0.25, -0.2) is 4.79 Å². The van der Waals surface area contributed by atoms with E-state index in [-0.39, 0.29) is 12.0 Å². The molecule has 0 N–H and O–H groups in total. The molecule has 0 aliphatic heterocycles. The summed E-state index contributed by atoms with van der Waals surface area (Å²) < 4.78 is 17.4. The molecule has 33 heavy (non-hydrogen) atoms. The van der Waals surface area contributed by atoms with Crippen molar-refractivity contribution in [2.24, 2.45) is 5.41 Å². The Morgan fingerprint density at radius 3 is 2.61 bits per heavy atom. The summed E-state index contributed by atoms with van der Waals surface area (Å²) in [7, 11) is 0. The molecule has 3 rings (SSSR count). The third-order valence-corrected chi connectivity index (χ3v) is 5.78. The van der Waals surface area contributed by atoms with E-state index in [9.17, 15) is 4.79 Å². The lowest BCUT2D eigenvalue weighted by molar-refractivity contribution is -0.141. The van der Waals surface area contributed by atoms with Crippen molar-refractivity contribution in [2.75, 3.05) is 13.2 Å². The van der Waals surface area contributed by atoms with Crippen LogP contribution in [-0.2, 0) is 22.4 Å². The van der Waals surface area contributed by atoms with Gasteiger partial charge in [0, 0.05) is 28.5 Å². The molecule has 0 amide bonds. The molecule has 0 radical (unpaired) electrons. The van der Waals surface area contributed by atoms with E-state index in [1.54, 1.807) is 0 Å². The lowest BCUT2D eigenvalue weighted by Gasteiger charge is -2.23. The highest BCUT2D eigenvalue weighted by Crippen LogP contribution is 2.33. The minimum absolute atomic E-state index is 0.263. The Labute approximate surface area is 197 Å². The fraction of sp³-hybridized carbons (Fsp3) is 0.414. The molecule has 2 aromatic carbocycles. The van der Waals surface area contributed by atoms with Crippen molar-refractivity contribution >= 4 is 16.9 Å². The van der Waals surface area contributed by atoms with Crippen LogP contribution in [0.2, 0.25) is 0 Å². The Hall–Kier alpha value is -3.01. The average molecular weight is 449 g/mol. The van der Waals surface area contributed by atoms with Crippen LogP contribution in [0, 0.1) is 5.41 Å². The van der Waals surface area contributed by atoms with Crippen LogP contribution >= 0.6 is 0 Å². The number of unbranched alkanes of at least 4 members (excludes halogenated alkanes) is 2. The van der Waals surface area contributed by atoms with Crippen molar-refractivity contribution in [3.8, 4) is 17.1 Å². The van der Waals surface area contributed by atoms with Gasteiger partial charge in [0.1, 0.15) is 17.1 Å². The van der Waals surface area contributed by atoms with Crippen LogP contribution in [0.5, 0.6) is 5.75 Å². The van der Waals surface area contributed by atoms with Gasteiger partial charge in [-0.05, 0) is 48.6 Å². The van der Waals surface area contributed by atoms with Crippen molar-refractivity contribution in [1.29, 1.82) is 0 Å². The summed E-state index contributed by atoms with van der Waals surface area (Å²) in [4.78, 5) is 11.3. The summed E-state index contributed by atoms with van der Waals surface area (Å²) in [5.41, 5.74) is 4.34. The van der Waals surface area contributed by atoms with E-state index in [2.05, 4.69) is 44.7 Å². The number of furan rings is 1. The average Bonchev–Trinajstić information content (AvgIpc) is 3.24. The van der Waals surface area contributed by atoms with Crippen molar-refractivity contribution in [1.82, 2.24) is 0 Å². The molecule has 0 atom stereocenters. The van der Waals surface area contributed by atoms with Gasteiger partial charge in [-0.1, -0.05) is 65.3 Å². The molecule has 1 heterocycles. The Balaban J connectivity index is 1.73.